The molecule has 0 aliphatic heterocycles. The highest BCUT2D eigenvalue weighted by Crippen LogP contribution is 2.22. The summed E-state index contributed by atoms with van der Waals surface area (Å²) in [6.45, 7) is 3.30. The number of anilines is 1. The monoisotopic (exact) mass is 283 g/mol. The number of nitrogens with one attached hydrogen (secondary N) is 1. The predicted octanol–water partition coefficient (Wildman–Crippen LogP) is 3.24. The Kier molecular flexibility index (Phi) is 4.78. The quantitative estimate of drug-likeness (QED) is 0.884. The van der Waals surface area contributed by atoms with Crippen LogP contribution in [0.4, 0.5) is 5.95 Å². The maximum atomic E-state index is 5.98. The van der Waals surface area contributed by atoms with Gasteiger partial charge in [-0.2, -0.15) is 4.98 Å². The number of thiophene rings is 1. The third-order valence-corrected chi connectivity index (χ3v) is 3.41. The first-order valence-electron chi connectivity index (χ1n) is 5.71. The van der Waals surface area contributed by atoms with Crippen LogP contribution in [0.15, 0.2) is 23.7 Å². The van der Waals surface area contributed by atoms with E-state index < -0.39 is 0 Å². The molecule has 1 N–H and O–H groups in total. The van der Waals surface area contributed by atoms with Crippen molar-refractivity contribution < 1.29 is 4.74 Å². The summed E-state index contributed by atoms with van der Waals surface area (Å²) in [5, 5.41) is 5.51. The van der Waals surface area contributed by atoms with E-state index in [2.05, 4.69) is 26.7 Å². The Labute approximate surface area is 115 Å². The molecule has 2 heterocycles. The summed E-state index contributed by atoms with van der Waals surface area (Å²) in [5.74, 6) is 0.965. The molecule has 0 fully saturated rings. The van der Waals surface area contributed by atoms with Crippen LogP contribution in [0.25, 0.3) is 0 Å². The third kappa shape index (κ3) is 3.58. The maximum absolute atomic E-state index is 5.98. The topological polar surface area (TPSA) is 47.0 Å². The number of rotatable bonds is 6. The van der Waals surface area contributed by atoms with Gasteiger partial charge in [0.05, 0.1) is 12.8 Å². The molecule has 0 spiro atoms. The Hall–Kier alpha value is -1.33. The largest absolute Gasteiger partial charge is 0.476 e. The van der Waals surface area contributed by atoms with Crippen molar-refractivity contribution in [2.24, 2.45) is 0 Å². The summed E-state index contributed by atoms with van der Waals surface area (Å²) in [6.07, 6.45) is 2.40. The van der Waals surface area contributed by atoms with E-state index in [1.54, 1.807) is 17.5 Å². The molecule has 0 aromatic carbocycles. The summed E-state index contributed by atoms with van der Waals surface area (Å²) in [5.41, 5.74) is 0. The molecule has 0 saturated heterocycles. The van der Waals surface area contributed by atoms with Gasteiger partial charge in [0.2, 0.25) is 11.8 Å². The van der Waals surface area contributed by atoms with Crippen LogP contribution >= 0.6 is 22.9 Å². The van der Waals surface area contributed by atoms with Crippen LogP contribution in [0.1, 0.15) is 11.8 Å². The first kappa shape index (κ1) is 13.1. The number of nitrogens with zero attached hydrogens (tertiary/aromatic N) is 2. The zero-order chi connectivity index (χ0) is 12.8. The van der Waals surface area contributed by atoms with Crippen LogP contribution < -0.4 is 10.1 Å². The molecule has 0 amide bonds. The predicted molar refractivity (Wildman–Crippen MR) is 74.7 cm³/mol. The Morgan fingerprint density at radius 2 is 2.39 bits per heavy atom. The number of hydrogen-bond donors (Lipinski definition) is 1. The maximum Gasteiger partial charge on any atom is 0.237 e. The summed E-state index contributed by atoms with van der Waals surface area (Å²) in [6, 6.07) is 4.11. The number of ether oxygens (including phenoxy) is 1. The fourth-order valence-corrected chi connectivity index (χ4v) is 2.23. The molecule has 2 aromatic heterocycles. The summed E-state index contributed by atoms with van der Waals surface area (Å²) in [4.78, 5) is 9.55. The van der Waals surface area contributed by atoms with Crippen molar-refractivity contribution in [1.82, 2.24) is 9.97 Å². The molecule has 0 saturated carbocycles. The SMILES string of the molecule is CCNc1ncc(Cl)c(OCCc2cccs2)n1. The molecule has 0 radical (unpaired) electrons. The van der Waals surface area contributed by atoms with Crippen molar-refractivity contribution >= 4 is 28.9 Å². The van der Waals surface area contributed by atoms with Gasteiger partial charge in [-0.1, -0.05) is 17.7 Å². The molecule has 2 rings (SSSR count). The third-order valence-electron chi connectivity index (χ3n) is 2.21. The van der Waals surface area contributed by atoms with Gasteiger partial charge in [-0.3, -0.25) is 0 Å². The molecule has 6 heteroatoms. The van der Waals surface area contributed by atoms with Crippen molar-refractivity contribution in [2.45, 2.75) is 13.3 Å². The molecular formula is C12H14ClN3OS. The Morgan fingerprint density at radius 3 is 3.11 bits per heavy atom. The highest BCUT2D eigenvalue weighted by Gasteiger charge is 2.06. The zero-order valence-electron chi connectivity index (χ0n) is 10.0. The van der Waals surface area contributed by atoms with Gasteiger partial charge in [0.25, 0.3) is 0 Å². The first-order valence-corrected chi connectivity index (χ1v) is 6.97. The number of halogens is 1. The van der Waals surface area contributed by atoms with Gasteiger partial charge in [0, 0.05) is 17.8 Å². The van der Waals surface area contributed by atoms with Crippen LogP contribution in [0.2, 0.25) is 5.02 Å². The van der Waals surface area contributed by atoms with Gasteiger partial charge in [-0.15, -0.1) is 11.3 Å². The lowest BCUT2D eigenvalue weighted by Crippen LogP contribution is -2.06. The summed E-state index contributed by atoms with van der Waals surface area (Å²) >= 11 is 7.70. The zero-order valence-corrected chi connectivity index (χ0v) is 11.6. The Bertz CT molecular complexity index is 490. The molecular weight excluding hydrogens is 270 g/mol. The molecule has 0 aliphatic carbocycles. The molecule has 0 atom stereocenters. The highest BCUT2D eigenvalue weighted by molar-refractivity contribution is 7.09. The minimum atomic E-state index is 0.430. The lowest BCUT2D eigenvalue weighted by atomic mass is 10.4. The summed E-state index contributed by atoms with van der Waals surface area (Å²) in [7, 11) is 0. The van der Waals surface area contributed by atoms with Gasteiger partial charge >= 0.3 is 0 Å². The fraction of sp³-hybridized carbons (Fsp3) is 0.333. The average molecular weight is 284 g/mol. The van der Waals surface area contributed by atoms with Gasteiger partial charge in [-0.25, -0.2) is 4.98 Å². The molecule has 18 heavy (non-hydrogen) atoms. The first-order chi connectivity index (χ1) is 8.79. The van der Waals surface area contributed by atoms with E-state index in [0.717, 1.165) is 13.0 Å². The van der Waals surface area contributed by atoms with Crippen LogP contribution in [-0.4, -0.2) is 23.1 Å². The van der Waals surface area contributed by atoms with Crippen molar-refractivity contribution in [2.75, 3.05) is 18.5 Å². The number of aromatic nitrogens is 2. The van der Waals surface area contributed by atoms with Crippen molar-refractivity contribution in [3.05, 3.63) is 33.6 Å². The van der Waals surface area contributed by atoms with Crippen LogP contribution in [0.5, 0.6) is 5.88 Å². The van der Waals surface area contributed by atoms with E-state index in [4.69, 9.17) is 16.3 Å². The minimum Gasteiger partial charge on any atom is -0.476 e. The van der Waals surface area contributed by atoms with Crippen LogP contribution in [0, 0.1) is 0 Å². The fourth-order valence-electron chi connectivity index (χ4n) is 1.40. The van der Waals surface area contributed by atoms with Crippen LogP contribution in [-0.2, 0) is 6.42 Å². The normalized spacial score (nSPS) is 10.3. The van der Waals surface area contributed by atoms with Crippen LogP contribution in [0.3, 0.4) is 0 Å². The van der Waals surface area contributed by atoms with Gasteiger partial charge in [0.1, 0.15) is 5.02 Å². The van der Waals surface area contributed by atoms with Crippen molar-refractivity contribution in [3.8, 4) is 5.88 Å². The average Bonchev–Trinajstić information content (AvgIpc) is 2.86. The second-order valence-electron chi connectivity index (χ2n) is 3.55. The van der Waals surface area contributed by atoms with E-state index in [9.17, 15) is 0 Å². The number of hydrogen-bond acceptors (Lipinski definition) is 5. The lowest BCUT2D eigenvalue weighted by molar-refractivity contribution is 0.310. The minimum absolute atomic E-state index is 0.430. The second-order valence-corrected chi connectivity index (χ2v) is 4.99. The molecule has 0 unspecified atom stereocenters. The van der Waals surface area contributed by atoms with Crippen molar-refractivity contribution in [3.63, 3.8) is 0 Å². The highest BCUT2D eigenvalue weighted by atomic mass is 35.5. The van der Waals surface area contributed by atoms with Crippen molar-refractivity contribution in [1.29, 1.82) is 0 Å². The molecule has 0 bridgehead atoms. The van der Waals surface area contributed by atoms with E-state index >= 15 is 0 Å². The standard InChI is InChI=1S/C12H14ClN3OS/c1-2-14-12-15-8-10(13)11(16-12)17-6-5-9-4-3-7-18-9/h3-4,7-8H,2,5-6H2,1H3,(H,14,15,16). The Balaban J connectivity index is 1.93. The molecule has 0 aliphatic rings. The molecule has 2 aromatic rings. The lowest BCUT2D eigenvalue weighted by Gasteiger charge is -2.08. The molecule has 4 nitrogen and oxygen atoms in total. The van der Waals surface area contributed by atoms with Gasteiger partial charge in [0.15, 0.2) is 0 Å². The van der Waals surface area contributed by atoms with Gasteiger partial charge < -0.3 is 10.1 Å². The molecule has 96 valence electrons. The van der Waals surface area contributed by atoms with E-state index in [0.29, 0.717) is 23.5 Å². The second kappa shape index (κ2) is 6.56. The van der Waals surface area contributed by atoms with E-state index in [1.807, 2.05) is 13.0 Å². The smallest absolute Gasteiger partial charge is 0.237 e. The summed E-state index contributed by atoms with van der Waals surface area (Å²) < 4.78 is 5.58. The van der Waals surface area contributed by atoms with E-state index in [1.165, 1.54) is 4.88 Å². The van der Waals surface area contributed by atoms with Gasteiger partial charge in [-0.05, 0) is 18.4 Å². The van der Waals surface area contributed by atoms with E-state index in [-0.39, 0.29) is 0 Å². The Morgan fingerprint density at radius 1 is 1.50 bits per heavy atom.